The van der Waals surface area contributed by atoms with Gasteiger partial charge in [-0.1, -0.05) is 42.5 Å². The van der Waals surface area contributed by atoms with Gasteiger partial charge in [0.05, 0.1) is 22.0 Å². The lowest BCUT2D eigenvalue weighted by atomic mass is 10.0. The number of piperazine rings is 1. The van der Waals surface area contributed by atoms with E-state index in [0.717, 1.165) is 33.8 Å². The van der Waals surface area contributed by atoms with Gasteiger partial charge in [0.1, 0.15) is 5.60 Å². The van der Waals surface area contributed by atoms with Crippen LogP contribution in [0.3, 0.4) is 0 Å². The Morgan fingerprint density at radius 1 is 1.15 bits per heavy atom. The van der Waals surface area contributed by atoms with E-state index in [1.807, 2.05) is 31.7 Å². The van der Waals surface area contributed by atoms with E-state index in [2.05, 4.69) is 69.9 Å². The Morgan fingerprint density at radius 2 is 2.00 bits per heavy atom. The molecule has 6 nitrogen and oxygen atoms in total. The quantitative estimate of drug-likeness (QED) is 0.413. The lowest BCUT2D eigenvalue weighted by Crippen LogP contribution is -2.50. The fraction of sp³-hybridized carbons (Fsp3) is 0.333. The molecule has 176 valence electrons. The number of fused-ring (bicyclic) bond motifs is 1. The van der Waals surface area contributed by atoms with E-state index in [0.29, 0.717) is 19.6 Å². The molecule has 0 saturated carbocycles. The SMILES string of the molecule is CC(C)(C)OC(=O)N1CCNCC1c1cccc(Cn2c(-c3cccs3)nc3ccccc32)c1. The van der Waals surface area contributed by atoms with Crippen LogP contribution < -0.4 is 5.32 Å². The number of rotatable bonds is 4. The van der Waals surface area contributed by atoms with Gasteiger partial charge >= 0.3 is 6.09 Å². The van der Waals surface area contributed by atoms with Crippen LogP contribution in [-0.2, 0) is 11.3 Å². The van der Waals surface area contributed by atoms with Crippen molar-refractivity contribution in [2.75, 3.05) is 19.6 Å². The monoisotopic (exact) mass is 474 g/mol. The first-order chi connectivity index (χ1) is 16.4. The minimum Gasteiger partial charge on any atom is -0.444 e. The van der Waals surface area contributed by atoms with Crippen LogP contribution in [0.15, 0.2) is 66.0 Å². The third-order valence-electron chi connectivity index (χ3n) is 5.94. The largest absolute Gasteiger partial charge is 0.444 e. The number of benzene rings is 2. The molecule has 2 aromatic heterocycles. The molecule has 2 aromatic carbocycles. The second-order valence-electron chi connectivity index (χ2n) is 9.63. The van der Waals surface area contributed by atoms with E-state index in [1.165, 1.54) is 5.56 Å². The molecular formula is C27H30N4O2S. The van der Waals surface area contributed by atoms with Crippen molar-refractivity contribution in [2.45, 2.75) is 39.0 Å². The first-order valence-corrected chi connectivity index (χ1v) is 12.6. The summed E-state index contributed by atoms with van der Waals surface area (Å²) in [5, 5.41) is 5.52. The van der Waals surface area contributed by atoms with Gasteiger partial charge < -0.3 is 14.6 Å². The lowest BCUT2D eigenvalue weighted by Gasteiger charge is -2.37. The topological polar surface area (TPSA) is 59.4 Å². The number of hydrogen-bond donors (Lipinski definition) is 1. The summed E-state index contributed by atoms with van der Waals surface area (Å²) in [5.74, 6) is 0.983. The molecule has 0 spiro atoms. The summed E-state index contributed by atoms with van der Waals surface area (Å²) < 4.78 is 7.98. The van der Waals surface area contributed by atoms with Crippen LogP contribution in [0.25, 0.3) is 21.7 Å². The van der Waals surface area contributed by atoms with Crippen LogP contribution in [0.5, 0.6) is 0 Å². The van der Waals surface area contributed by atoms with Crippen LogP contribution in [0, 0.1) is 0 Å². The summed E-state index contributed by atoms with van der Waals surface area (Å²) >= 11 is 1.70. The molecule has 1 saturated heterocycles. The Kier molecular flexibility index (Phi) is 6.15. The van der Waals surface area contributed by atoms with Gasteiger partial charge in [-0.3, -0.25) is 4.90 Å². The predicted octanol–water partition coefficient (Wildman–Crippen LogP) is 5.69. The molecule has 1 fully saturated rings. The zero-order valence-corrected chi connectivity index (χ0v) is 20.6. The lowest BCUT2D eigenvalue weighted by molar-refractivity contribution is 0.0118. The van der Waals surface area contributed by atoms with Gasteiger partial charge in [-0.15, -0.1) is 11.3 Å². The van der Waals surface area contributed by atoms with Crippen LogP contribution >= 0.6 is 11.3 Å². The van der Waals surface area contributed by atoms with Crippen molar-refractivity contribution in [2.24, 2.45) is 0 Å². The highest BCUT2D eigenvalue weighted by atomic mass is 32.1. The summed E-state index contributed by atoms with van der Waals surface area (Å²) in [7, 11) is 0. The Hall–Kier alpha value is -3.16. The normalized spacial score (nSPS) is 16.7. The van der Waals surface area contributed by atoms with E-state index in [1.54, 1.807) is 11.3 Å². The molecule has 0 bridgehead atoms. The molecule has 34 heavy (non-hydrogen) atoms. The summed E-state index contributed by atoms with van der Waals surface area (Å²) in [6.45, 7) is 8.51. The summed E-state index contributed by atoms with van der Waals surface area (Å²) in [6, 6.07) is 20.9. The number of nitrogens with one attached hydrogen (secondary N) is 1. The second kappa shape index (κ2) is 9.24. The Labute approximate surface area is 204 Å². The highest BCUT2D eigenvalue weighted by molar-refractivity contribution is 7.13. The number of carbonyl (C=O) groups excluding carboxylic acids is 1. The van der Waals surface area contributed by atoms with Crippen LogP contribution in [0.1, 0.15) is 37.9 Å². The Morgan fingerprint density at radius 3 is 2.79 bits per heavy atom. The summed E-state index contributed by atoms with van der Waals surface area (Å²) in [4.78, 5) is 20.9. The van der Waals surface area contributed by atoms with Crippen molar-refractivity contribution >= 4 is 28.5 Å². The average molecular weight is 475 g/mol. The summed E-state index contributed by atoms with van der Waals surface area (Å²) in [5.41, 5.74) is 3.88. The number of thiophene rings is 1. The maximum atomic E-state index is 12.9. The average Bonchev–Trinajstić information content (AvgIpc) is 3.47. The van der Waals surface area contributed by atoms with Gasteiger partial charge in [0, 0.05) is 26.2 Å². The first kappa shape index (κ1) is 22.6. The van der Waals surface area contributed by atoms with Gasteiger partial charge in [-0.25, -0.2) is 9.78 Å². The smallest absolute Gasteiger partial charge is 0.410 e. The number of ether oxygens (including phenoxy) is 1. The number of carbonyl (C=O) groups is 1. The molecule has 1 aliphatic heterocycles. The van der Waals surface area contributed by atoms with E-state index in [-0.39, 0.29) is 12.1 Å². The minimum atomic E-state index is -0.519. The van der Waals surface area contributed by atoms with Crippen molar-refractivity contribution < 1.29 is 9.53 Å². The fourth-order valence-corrected chi connectivity index (χ4v) is 5.17. The fourth-order valence-electron chi connectivity index (χ4n) is 4.45. The molecule has 7 heteroatoms. The van der Waals surface area contributed by atoms with Crippen molar-refractivity contribution in [1.29, 1.82) is 0 Å². The zero-order chi connectivity index (χ0) is 23.7. The molecule has 5 rings (SSSR count). The highest BCUT2D eigenvalue weighted by Crippen LogP contribution is 2.30. The van der Waals surface area contributed by atoms with Gasteiger partial charge in [0.2, 0.25) is 0 Å². The van der Waals surface area contributed by atoms with Gasteiger partial charge in [-0.2, -0.15) is 0 Å². The van der Waals surface area contributed by atoms with Gasteiger partial charge in [0.15, 0.2) is 5.82 Å². The second-order valence-corrected chi connectivity index (χ2v) is 10.6. The molecule has 3 heterocycles. The summed E-state index contributed by atoms with van der Waals surface area (Å²) in [6.07, 6.45) is -0.259. The molecular weight excluding hydrogens is 444 g/mol. The van der Waals surface area contributed by atoms with E-state index < -0.39 is 5.60 Å². The van der Waals surface area contributed by atoms with Crippen LogP contribution in [-0.4, -0.2) is 45.8 Å². The number of para-hydroxylation sites is 2. The number of imidazole rings is 1. The molecule has 0 radical (unpaired) electrons. The Balaban J connectivity index is 1.47. The molecule has 4 aromatic rings. The van der Waals surface area contributed by atoms with E-state index in [4.69, 9.17) is 9.72 Å². The van der Waals surface area contributed by atoms with Gasteiger partial charge in [-0.05, 0) is 55.5 Å². The standard InChI is InChI=1S/C27H30N4O2S/c1-27(2,3)33-26(32)30-14-13-28-17-23(30)20-9-6-8-19(16-20)18-31-22-11-5-4-10-21(22)29-25(31)24-12-7-15-34-24/h4-12,15-16,23,28H,13-14,17-18H2,1-3H3. The number of aromatic nitrogens is 2. The minimum absolute atomic E-state index is 0.0696. The maximum absolute atomic E-state index is 12.9. The zero-order valence-electron chi connectivity index (χ0n) is 19.8. The van der Waals surface area contributed by atoms with E-state index >= 15 is 0 Å². The first-order valence-electron chi connectivity index (χ1n) is 11.7. The van der Waals surface area contributed by atoms with Crippen molar-refractivity contribution in [3.8, 4) is 10.7 Å². The number of hydrogen-bond acceptors (Lipinski definition) is 5. The molecule has 1 aliphatic rings. The molecule has 1 N–H and O–H groups in total. The molecule has 1 unspecified atom stereocenters. The van der Waals surface area contributed by atoms with Crippen molar-refractivity contribution in [3.63, 3.8) is 0 Å². The van der Waals surface area contributed by atoms with Crippen LogP contribution in [0.2, 0.25) is 0 Å². The third kappa shape index (κ3) is 4.72. The number of amides is 1. The third-order valence-corrected chi connectivity index (χ3v) is 6.81. The predicted molar refractivity (Wildman–Crippen MR) is 137 cm³/mol. The molecule has 0 aliphatic carbocycles. The van der Waals surface area contributed by atoms with Crippen molar-refractivity contribution in [1.82, 2.24) is 19.8 Å². The Bertz CT molecular complexity index is 1290. The number of nitrogens with zero attached hydrogens (tertiary/aromatic N) is 3. The van der Waals surface area contributed by atoms with Gasteiger partial charge in [0.25, 0.3) is 0 Å². The maximum Gasteiger partial charge on any atom is 0.410 e. The molecule has 1 atom stereocenters. The van der Waals surface area contributed by atoms with Crippen LogP contribution in [0.4, 0.5) is 4.79 Å². The van der Waals surface area contributed by atoms with Crippen molar-refractivity contribution in [3.05, 3.63) is 77.2 Å². The van der Waals surface area contributed by atoms with E-state index in [9.17, 15) is 4.79 Å². The molecule has 1 amide bonds. The highest BCUT2D eigenvalue weighted by Gasteiger charge is 2.31.